The molecule has 1 aliphatic heterocycles. The predicted molar refractivity (Wildman–Crippen MR) is 64.3 cm³/mol. The van der Waals surface area contributed by atoms with Gasteiger partial charge in [0, 0.05) is 19.0 Å². The fourth-order valence-corrected chi connectivity index (χ4v) is 2.96. The summed E-state index contributed by atoms with van der Waals surface area (Å²) in [6.07, 6.45) is 9.16. The van der Waals surface area contributed by atoms with E-state index in [1.54, 1.807) is 0 Å². The third-order valence-corrected chi connectivity index (χ3v) is 4.10. The van der Waals surface area contributed by atoms with E-state index >= 15 is 0 Å². The molecule has 86 valence electrons. The first-order valence-electron chi connectivity index (χ1n) is 6.61. The summed E-state index contributed by atoms with van der Waals surface area (Å²) in [6.45, 7) is 4.62. The molecule has 1 unspecified atom stereocenters. The van der Waals surface area contributed by atoms with E-state index in [4.69, 9.17) is 5.41 Å². The van der Waals surface area contributed by atoms with Gasteiger partial charge in [-0.15, -0.1) is 0 Å². The van der Waals surface area contributed by atoms with Crippen molar-refractivity contribution in [2.45, 2.75) is 51.9 Å². The molecule has 1 N–H and O–H groups in total. The van der Waals surface area contributed by atoms with Crippen molar-refractivity contribution in [3.8, 4) is 0 Å². The second-order valence-electron chi connectivity index (χ2n) is 5.39. The largest absolute Gasteiger partial charge is 0.360 e. The zero-order valence-electron chi connectivity index (χ0n) is 9.97. The van der Waals surface area contributed by atoms with Crippen molar-refractivity contribution in [1.29, 1.82) is 5.41 Å². The molecule has 0 aromatic carbocycles. The molecule has 2 heteroatoms. The topological polar surface area (TPSA) is 27.1 Å². The van der Waals surface area contributed by atoms with Crippen molar-refractivity contribution < 1.29 is 0 Å². The number of nitrogens with zero attached hydrogens (tertiary/aromatic N) is 1. The Morgan fingerprint density at radius 3 is 2.47 bits per heavy atom. The van der Waals surface area contributed by atoms with Crippen LogP contribution >= 0.6 is 0 Å². The summed E-state index contributed by atoms with van der Waals surface area (Å²) in [6, 6.07) is 0. The lowest BCUT2D eigenvalue weighted by atomic mass is 10.0. The normalized spacial score (nSPS) is 29.1. The zero-order valence-corrected chi connectivity index (χ0v) is 9.97. The lowest BCUT2D eigenvalue weighted by Gasteiger charge is -2.27. The number of hydrogen-bond donors (Lipinski definition) is 1. The monoisotopic (exact) mass is 208 g/mol. The van der Waals surface area contributed by atoms with Crippen molar-refractivity contribution in [2.24, 2.45) is 11.8 Å². The van der Waals surface area contributed by atoms with Gasteiger partial charge in [-0.2, -0.15) is 0 Å². The minimum Gasteiger partial charge on any atom is -0.360 e. The Labute approximate surface area is 93.6 Å². The third-order valence-electron chi connectivity index (χ3n) is 4.10. The van der Waals surface area contributed by atoms with E-state index in [2.05, 4.69) is 11.8 Å². The second kappa shape index (κ2) is 5.00. The molecule has 0 spiro atoms. The number of likely N-dealkylation sites (tertiary alicyclic amines) is 1. The quantitative estimate of drug-likeness (QED) is 0.519. The molecule has 0 radical (unpaired) electrons. The van der Waals surface area contributed by atoms with E-state index in [1.807, 2.05) is 0 Å². The molecule has 2 aliphatic rings. The van der Waals surface area contributed by atoms with E-state index < -0.39 is 0 Å². The minimum absolute atomic E-state index is 0.596. The van der Waals surface area contributed by atoms with Gasteiger partial charge in [0.1, 0.15) is 0 Å². The molecule has 2 rings (SSSR count). The molecule has 1 heterocycles. The summed E-state index contributed by atoms with van der Waals surface area (Å²) in [5.41, 5.74) is 0. The van der Waals surface area contributed by atoms with Gasteiger partial charge in [0.15, 0.2) is 0 Å². The molecule has 1 saturated heterocycles. The fraction of sp³-hybridized carbons (Fsp3) is 0.923. The van der Waals surface area contributed by atoms with Crippen LogP contribution in [-0.2, 0) is 0 Å². The van der Waals surface area contributed by atoms with Gasteiger partial charge < -0.3 is 4.90 Å². The van der Waals surface area contributed by atoms with Crippen LogP contribution in [0.5, 0.6) is 0 Å². The van der Waals surface area contributed by atoms with Crippen LogP contribution in [-0.4, -0.2) is 23.8 Å². The standard InChI is InChI=1S/C13H24N2/c1-11-5-4-9-15(10-8-11)13(14)12-6-2-3-7-12/h11-12,14H,2-10H2,1H3. The lowest BCUT2D eigenvalue weighted by Crippen LogP contribution is -2.35. The average Bonchev–Trinajstić information content (AvgIpc) is 2.67. The van der Waals surface area contributed by atoms with Crippen LogP contribution in [0.25, 0.3) is 0 Å². The van der Waals surface area contributed by atoms with Crippen molar-refractivity contribution in [3.63, 3.8) is 0 Å². The number of rotatable bonds is 1. The summed E-state index contributed by atoms with van der Waals surface area (Å²) in [5.74, 6) is 2.42. The minimum atomic E-state index is 0.596. The van der Waals surface area contributed by atoms with E-state index in [1.165, 1.54) is 44.9 Å². The van der Waals surface area contributed by atoms with Crippen LogP contribution in [0, 0.1) is 17.2 Å². The Kier molecular flexibility index (Phi) is 3.66. The molecule has 0 aromatic heterocycles. The molecule has 15 heavy (non-hydrogen) atoms. The highest BCUT2D eigenvalue weighted by atomic mass is 15.2. The molecular formula is C13H24N2. The lowest BCUT2D eigenvalue weighted by molar-refractivity contribution is 0.396. The Morgan fingerprint density at radius 1 is 1.00 bits per heavy atom. The van der Waals surface area contributed by atoms with Crippen LogP contribution in [0.1, 0.15) is 51.9 Å². The SMILES string of the molecule is CC1CCCN(C(=N)C2CCCC2)CC1. The van der Waals surface area contributed by atoms with Gasteiger partial charge in [-0.3, -0.25) is 5.41 Å². The summed E-state index contributed by atoms with van der Waals surface area (Å²) >= 11 is 0. The van der Waals surface area contributed by atoms with E-state index in [-0.39, 0.29) is 0 Å². The third kappa shape index (κ3) is 2.73. The van der Waals surface area contributed by atoms with E-state index in [0.29, 0.717) is 5.92 Å². The fourth-order valence-electron chi connectivity index (χ4n) is 2.96. The molecule has 0 bridgehead atoms. The molecule has 1 aliphatic carbocycles. The van der Waals surface area contributed by atoms with Crippen LogP contribution in [0.3, 0.4) is 0 Å². The van der Waals surface area contributed by atoms with Gasteiger partial charge >= 0.3 is 0 Å². The van der Waals surface area contributed by atoms with Crippen LogP contribution in [0.15, 0.2) is 0 Å². The van der Waals surface area contributed by atoms with Crippen molar-refractivity contribution >= 4 is 5.84 Å². The maximum absolute atomic E-state index is 8.27. The van der Waals surface area contributed by atoms with E-state index in [9.17, 15) is 0 Å². The summed E-state index contributed by atoms with van der Waals surface area (Å²) in [4.78, 5) is 2.36. The second-order valence-corrected chi connectivity index (χ2v) is 5.39. The molecule has 1 saturated carbocycles. The van der Waals surface area contributed by atoms with Gasteiger partial charge in [0.2, 0.25) is 0 Å². The highest BCUT2D eigenvalue weighted by Crippen LogP contribution is 2.28. The average molecular weight is 208 g/mol. The van der Waals surface area contributed by atoms with Crippen molar-refractivity contribution in [2.75, 3.05) is 13.1 Å². The Morgan fingerprint density at radius 2 is 1.73 bits per heavy atom. The first-order valence-corrected chi connectivity index (χ1v) is 6.61. The number of amidine groups is 1. The van der Waals surface area contributed by atoms with E-state index in [0.717, 1.165) is 24.8 Å². The van der Waals surface area contributed by atoms with Crippen molar-refractivity contribution in [3.05, 3.63) is 0 Å². The molecule has 2 fully saturated rings. The maximum Gasteiger partial charge on any atom is 0.0989 e. The number of hydrogen-bond acceptors (Lipinski definition) is 1. The summed E-state index contributed by atoms with van der Waals surface area (Å²) in [7, 11) is 0. The molecule has 0 amide bonds. The summed E-state index contributed by atoms with van der Waals surface area (Å²) < 4.78 is 0. The maximum atomic E-state index is 8.27. The predicted octanol–water partition coefficient (Wildman–Crippen LogP) is 3.28. The molecular weight excluding hydrogens is 184 g/mol. The van der Waals surface area contributed by atoms with Crippen LogP contribution < -0.4 is 0 Å². The van der Waals surface area contributed by atoms with Gasteiger partial charge in [-0.05, 0) is 38.0 Å². The highest BCUT2D eigenvalue weighted by Gasteiger charge is 2.25. The zero-order chi connectivity index (χ0) is 10.7. The summed E-state index contributed by atoms with van der Waals surface area (Å²) in [5, 5.41) is 8.27. The van der Waals surface area contributed by atoms with Crippen LogP contribution in [0.4, 0.5) is 0 Å². The van der Waals surface area contributed by atoms with Gasteiger partial charge in [-0.1, -0.05) is 19.8 Å². The number of nitrogens with one attached hydrogen (secondary N) is 1. The van der Waals surface area contributed by atoms with Gasteiger partial charge in [0.25, 0.3) is 0 Å². The van der Waals surface area contributed by atoms with Gasteiger partial charge in [0.05, 0.1) is 5.84 Å². The van der Waals surface area contributed by atoms with Crippen molar-refractivity contribution in [1.82, 2.24) is 4.90 Å². The van der Waals surface area contributed by atoms with Crippen LogP contribution in [0.2, 0.25) is 0 Å². The highest BCUT2D eigenvalue weighted by molar-refractivity contribution is 5.81. The van der Waals surface area contributed by atoms with Gasteiger partial charge in [-0.25, -0.2) is 0 Å². The Hall–Kier alpha value is -0.530. The molecule has 2 nitrogen and oxygen atoms in total. The molecule has 0 aromatic rings. The Balaban J connectivity index is 1.88. The first-order chi connectivity index (χ1) is 7.27. The smallest absolute Gasteiger partial charge is 0.0989 e. The Bertz CT molecular complexity index is 219. The first kappa shape index (κ1) is 11.0. The molecule has 1 atom stereocenters.